The molecule has 6 nitrogen and oxygen atoms in total. The number of rotatable bonds is 3. The Morgan fingerprint density at radius 1 is 0.963 bits per heavy atom. The lowest BCUT2D eigenvalue weighted by atomic mass is 10.1. The van der Waals surface area contributed by atoms with Gasteiger partial charge in [-0.2, -0.15) is 0 Å². The zero-order valence-corrected chi connectivity index (χ0v) is 15.8. The van der Waals surface area contributed by atoms with Gasteiger partial charge in [0.25, 0.3) is 5.91 Å². The summed E-state index contributed by atoms with van der Waals surface area (Å²) in [6, 6.07) is 15.3. The first-order chi connectivity index (χ1) is 12.9. The van der Waals surface area contributed by atoms with E-state index in [2.05, 4.69) is 4.74 Å². The highest BCUT2D eigenvalue weighted by Crippen LogP contribution is 2.29. The maximum absolute atomic E-state index is 12.8. The number of benzene rings is 2. The van der Waals surface area contributed by atoms with Crippen molar-refractivity contribution in [3.8, 4) is 0 Å². The maximum atomic E-state index is 12.8. The number of carbonyl (C=O) groups excluding carboxylic acids is 2. The molecule has 142 valence electrons. The summed E-state index contributed by atoms with van der Waals surface area (Å²) in [5, 5.41) is -0.599. The second-order valence-corrected chi connectivity index (χ2v) is 8.72. The number of sulfone groups is 1. The number of ether oxygens (including phenoxy) is 1. The summed E-state index contributed by atoms with van der Waals surface area (Å²) in [5.41, 5.74) is 1.53. The van der Waals surface area contributed by atoms with Gasteiger partial charge in [-0.15, -0.1) is 0 Å². The highest BCUT2D eigenvalue weighted by molar-refractivity contribution is 7.91. The van der Waals surface area contributed by atoms with Crippen LogP contribution in [0.1, 0.15) is 38.0 Å². The van der Waals surface area contributed by atoms with Gasteiger partial charge in [-0.3, -0.25) is 4.79 Å². The van der Waals surface area contributed by atoms with E-state index in [9.17, 15) is 18.0 Å². The van der Waals surface area contributed by atoms with E-state index >= 15 is 0 Å². The number of methoxy groups -OCH3 is 1. The molecule has 1 aliphatic rings. The lowest BCUT2D eigenvalue weighted by molar-refractivity contribution is 0.0599. The van der Waals surface area contributed by atoms with Crippen LogP contribution in [0, 0.1) is 0 Å². The number of carbonyl (C=O) groups is 2. The highest BCUT2D eigenvalue weighted by atomic mass is 32.2. The Morgan fingerprint density at radius 2 is 1.59 bits per heavy atom. The third-order valence-corrected chi connectivity index (χ3v) is 6.88. The molecule has 1 amide bonds. The molecule has 0 aliphatic carbocycles. The molecule has 2 aromatic rings. The van der Waals surface area contributed by atoms with E-state index in [1.807, 2.05) is 30.3 Å². The van der Waals surface area contributed by atoms with Gasteiger partial charge in [-0.05, 0) is 36.2 Å². The first kappa shape index (κ1) is 19.1. The van der Waals surface area contributed by atoms with Gasteiger partial charge in [0.15, 0.2) is 9.84 Å². The van der Waals surface area contributed by atoms with Crippen molar-refractivity contribution in [2.24, 2.45) is 0 Å². The summed E-state index contributed by atoms with van der Waals surface area (Å²) in [4.78, 5) is 25.8. The molecule has 0 N–H and O–H groups in total. The van der Waals surface area contributed by atoms with E-state index in [-0.39, 0.29) is 18.2 Å². The van der Waals surface area contributed by atoms with Gasteiger partial charge < -0.3 is 9.64 Å². The van der Waals surface area contributed by atoms with E-state index in [4.69, 9.17) is 0 Å². The van der Waals surface area contributed by atoms with Crippen molar-refractivity contribution in [3.63, 3.8) is 0 Å². The summed E-state index contributed by atoms with van der Waals surface area (Å²) in [5.74, 6) is -0.783. The van der Waals surface area contributed by atoms with Crippen LogP contribution in [-0.2, 0) is 14.6 Å². The van der Waals surface area contributed by atoms with E-state index < -0.39 is 21.1 Å². The van der Waals surface area contributed by atoms with Gasteiger partial charge in [0.1, 0.15) is 0 Å². The van der Waals surface area contributed by atoms with Gasteiger partial charge in [0.05, 0.1) is 23.7 Å². The molecule has 7 heteroatoms. The molecule has 0 radical (unpaired) electrons. The Kier molecular flexibility index (Phi) is 5.60. The van der Waals surface area contributed by atoms with Crippen molar-refractivity contribution in [3.05, 3.63) is 71.3 Å². The second kappa shape index (κ2) is 7.92. The van der Waals surface area contributed by atoms with Crippen molar-refractivity contribution < 1.29 is 22.7 Å². The van der Waals surface area contributed by atoms with Crippen LogP contribution in [0.2, 0.25) is 0 Å². The molecule has 0 aromatic heterocycles. The molecule has 3 rings (SSSR count). The zero-order chi connectivity index (χ0) is 19.4. The van der Waals surface area contributed by atoms with Crippen molar-refractivity contribution >= 4 is 21.7 Å². The largest absolute Gasteiger partial charge is 0.465 e. The molecule has 0 unspecified atom stereocenters. The van der Waals surface area contributed by atoms with Gasteiger partial charge in [0.2, 0.25) is 0 Å². The lowest BCUT2D eigenvalue weighted by Gasteiger charge is -2.20. The summed E-state index contributed by atoms with van der Waals surface area (Å²) in [6.07, 6.45) is 0.359. The van der Waals surface area contributed by atoms with Crippen LogP contribution in [0.3, 0.4) is 0 Å². The van der Waals surface area contributed by atoms with Crippen LogP contribution in [0.4, 0.5) is 0 Å². The SMILES string of the molecule is COC(=O)c1ccc(C(=O)N2CC[C@@H](c3ccccc3)S(=O)(=O)CC2)cc1. The lowest BCUT2D eigenvalue weighted by Crippen LogP contribution is -2.33. The summed E-state index contributed by atoms with van der Waals surface area (Å²) < 4.78 is 30.0. The van der Waals surface area contributed by atoms with Crippen LogP contribution >= 0.6 is 0 Å². The zero-order valence-electron chi connectivity index (χ0n) is 15.0. The summed E-state index contributed by atoms with van der Waals surface area (Å²) in [7, 11) is -2.04. The first-order valence-electron chi connectivity index (χ1n) is 8.66. The van der Waals surface area contributed by atoms with E-state index in [1.54, 1.807) is 17.0 Å². The Bertz CT molecular complexity index is 923. The number of hydrogen-bond acceptors (Lipinski definition) is 5. The van der Waals surface area contributed by atoms with Crippen molar-refractivity contribution in [2.45, 2.75) is 11.7 Å². The molecule has 1 heterocycles. The molecular formula is C20H21NO5S. The Balaban J connectivity index is 1.77. The fourth-order valence-corrected chi connectivity index (χ4v) is 5.03. The Labute approximate surface area is 158 Å². The van der Waals surface area contributed by atoms with E-state index in [1.165, 1.54) is 19.2 Å². The van der Waals surface area contributed by atoms with Crippen LogP contribution in [0.5, 0.6) is 0 Å². The van der Waals surface area contributed by atoms with Gasteiger partial charge >= 0.3 is 5.97 Å². The summed E-state index contributed by atoms with van der Waals surface area (Å²) >= 11 is 0. The minimum absolute atomic E-state index is 0.0709. The normalized spacial score (nSPS) is 19.1. The molecule has 0 saturated carbocycles. The fourth-order valence-electron chi connectivity index (χ4n) is 3.24. The first-order valence-corrected chi connectivity index (χ1v) is 10.4. The predicted octanol–water partition coefficient (Wildman–Crippen LogP) is 2.48. The van der Waals surface area contributed by atoms with Crippen molar-refractivity contribution in [2.75, 3.05) is 26.0 Å². The number of esters is 1. The fraction of sp³-hybridized carbons (Fsp3) is 0.300. The van der Waals surface area contributed by atoms with E-state index in [0.717, 1.165) is 5.56 Å². The number of nitrogens with zero attached hydrogens (tertiary/aromatic N) is 1. The average molecular weight is 387 g/mol. The van der Waals surface area contributed by atoms with Crippen molar-refractivity contribution in [1.82, 2.24) is 4.90 Å². The molecular weight excluding hydrogens is 366 g/mol. The van der Waals surface area contributed by atoms with Gasteiger partial charge in [-0.1, -0.05) is 30.3 Å². The smallest absolute Gasteiger partial charge is 0.337 e. The van der Waals surface area contributed by atoms with E-state index in [0.29, 0.717) is 24.1 Å². The van der Waals surface area contributed by atoms with Crippen molar-refractivity contribution in [1.29, 1.82) is 0 Å². The quantitative estimate of drug-likeness (QED) is 0.756. The minimum atomic E-state index is -3.34. The molecule has 1 fully saturated rings. The predicted molar refractivity (Wildman–Crippen MR) is 101 cm³/mol. The average Bonchev–Trinajstić information content (AvgIpc) is 2.85. The highest BCUT2D eigenvalue weighted by Gasteiger charge is 2.32. The third kappa shape index (κ3) is 4.19. The summed E-state index contributed by atoms with van der Waals surface area (Å²) in [6.45, 7) is 0.514. The minimum Gasteiger partial charge on any atom is -0.465 e. The topological polar surface area (TPSA) is 80.8 Å². The molecule has 1 atom stereocenters. The standard InChI is InChI=1S/C20H21NO5S/c1-26-20(23)17-9-7-16(8-10-17)19(22)21-12-11-18(27(24,25)14-13-21)15-5-3-2-4-6-15/h2-10,18H,11-14H2,1H3/t18-/m0/s1. The Morgan fingerprint density at radius 3 is 2.22 bits per heavy atom. The van der Waals surface area contributed by atoms with Gasteiger partial charge in [-0.25, -0.2) is 13.2 Å². The van der Waals surface area contributed by atoms with Crippen LogP contribution in [0.25, 0.3) is 0 Å². The van der Waals surface area contributed by atoms with Gasteiger partial charge in [0, 0.05) is 18.7 Å². The number of amides is 1. The second-order valence-electron chi connectivity index (χ2n) is 6.42. The molecule has 1 aliphatic heterocycles. The molecule has 27 heavy (non-hydrogen) atoms. The molecule has 2 aromatic carbocycles. The van der Waals surface area contributed by atoms with Crippen LogP contribution < -0.4 is 0 Å². The molecule has 0 bridgehead atoms. The Hall–Kier alpha value is -2.67. The third-order valence-electron chi connectivity index (χ3n) is 4.75. The maximum Gasteiger partial charge on any atom is 0.337 e. The monoisotopic (exact) mass is 387 g/mol. The van der Waals surface area contributed by atoms with Crippen LogP contribution in [0.15, 0.2) is 54.6 Å². The van der Waals surface area contributed by atoms with Crippen LogP contribution in [-0.4, -0.2) is 51.1 Å². The molecule has 1 saturated heterocycles. The number of hydrogen-bond donors (Lipinski definition) is 0. The molecule has 0 spiro atoms.